The van der Waals surface area contributed by atoms with Crippen molar-refractivity contribution in [3.63, 3.8) is 0 Å². The van der Waals surface area contributed by atoms with Crippen LogP contribution >= 0.6 is 0 Å². The Balaban J connectivity index is 2.04. The van der Waals surface area contributed by atoms with Crippen LogP contribution in [0.4, 0.5) is 4.79 Å². The van der Waals surface area contributed by atoms with Crippen molar-refractivity contribution in [2.45, 2.75) is 58.1 Å². The van der Waals surface area contributed by atoms with Crippen LogP contribution < -0.4 is 5.32 Å². The van der Waals surface area contributed by atoms with Gasteiger partial charge in [-0.2, -0.15) is 0 Å². The number of nitrogens with one attached hydrogen (secondary N) is 1. The molecule has 0 bridgehead atoms. The summed E-state index contributed by atoms with van der Waals surface area (Å²) < 4.78 is 10.8. The summed E-state index contributed by atoms with van der Waals surface area (Å²) in [6.07, 6.45) is 3.43. The van der Waals surface area contributed by atoms with Crippen LogP contribution in [0.1, 0.15) is 46.5 Å². The summed E-state index contributed by atoms with van der Waals surface area (Å²) in [6, 6.07) is -0.00810. The number of alkyl carbamates (subject to hydrolysis) is 1. The van der Waals surface area contributed by atoms with E-state index in [4.69, 9.17) is 9.47 Å². The third-order valence-electron chi connectivity index (χ3n) is 4.23. The zero-order valence-electron chi connectivity index (χ0n) is 12.8. The average Bonchev–Trinajstić information content (AvgIpc) is 3.19. The first-order chi connectivity index (χ1) is 9.36. The van der Waals surface area contributed by atoms with Crippen LogP contribution in [0.15, 0.2) is 0 Å². The minimum absolute atomic E-state index is 0.00810. The molecular weight excluding hydrogens is 258 g/mol. The number of hydrogen-bond acceptors (Lipinski definition) is 4. The number of carbonyl (C=O) groups is 1. The van der Waals surface area contributed by atoms with E-state index in [1.807, 2.05) is 20.8 Å². The van der Waals surface area contributed by atoms with Crippen LogP contribution in [-0.4, -0.2) is 42.7 Å². The number of aliphatic hydroxyl groups excluding tert-OH is 1. The van der Waals surface area contributed by atoms with Crippen molar-refractivity contribution in [3.8, 4) is 0 Å². The summed E-state index contributed by atoms with van der Waals surface area (Å²) in [6.45, 7) is 6.96. The molecule has 5 heteroatoms. The Hall–Kier alpha value is -0.810. The fraction of sp³-hybridized carbons (Fsp3) is 0.933. The lowest BCUT2D eigenvalue weighted by Crippen LogP contribution is -2.54. The van der Waals surface area contributed by atoms with Crippen LogP contribution in [0.3, 0.4) is 0 Å². The highest BCUT2D eigenvalue weighted by Gasteiger charge is 2.48. The van der Waals surface area contributed by atoms with Gasteiger partial charge >= 0.3 is 6.09 Å². The first-order valence-electron chi connectivity index (χ1n) is 7.54. The van der Waals surface area contributed by atoms with Crippen LogP contribution in [-0.2, 0) is 9.47 Å². The van der Waals surface area contributed by atoms with Gasteiger partial charge in [0.25, 0.3) is 0 Å². The van der Waals surface area contributed by atoms with Gasteiger partial charge < -0.3 is 19.9 Å². The molecule has 0 radical (unpaired) electrons. The summed E-state index contributed by atoms with van der Waals surface area (Å²) >= 11 is 0. The smallest absolute Gasteiger partial charge is 0.407 e. The maximum atomic E-state index is 12.1. The van der Waals surface area contributed by atoms with Crippen molar-refractivity contribution >= 4 is 6.09 Å². The number of aliphatic hydroxyl groups is 1. The second kappa shape index (κ2) is 5.90. The van der Waals surface area contributed by atoms with Crippen LogP contribution in [0, 0.1) is 11.3 Å². The van der Waals surface area contributed by atoms with Crippen LogP contribution in [0.5, 0.6) is 0 Å². The standard InChI is InChI=1S/C15H27NO4/c1-14(2,3)20-13(18)16-12(11-4-5-11)15(10-17)6-8-19-9-7-15/h11-12,17H,4-10H2,1-3H3,(H,16,18). The summed E-state index contributed by atoms with van der Waals surface area (Å²) in [4.78, 5) is 12.1. The van der Waals surface area contributed by atoms with Gasteiger partial charge in [-0.3, -0.25) is 0 Å². The van der Waals surface area contributed by atoms with Crippen molar-refractivity contribution in [1.82, 2.24) is 5.32 Å². The Labute approximate surface area is 121 Å². The monoisotopic (exact) mass is 285 g/mol. The number of carbonyl (C=O) groups excluding carboxylic acids is 1. The summed E-state index contributed by atoms with van der Waals surface area (Å²) in [5.41, 5.74) is -0.753. The van der Waals surface area contributed by atoms with Crippen LogP contribution in [0.2, 0.25) is 0 Å². The third-order valence-corrected chi connectivity index (χ3v) is 4.23. The summed E-state index contributed by atoms with van der Waals surface area (Å²) in [5.74, 6) is 0.466. The molecule has 116 valence electrons. The van der Waals surface area contributed by atoms with Gasteiger partial charge in [0, 0.05) is 24.7 Å². The largest absolute Gasteiger partial charge is 0.444 e. The lowest BCUT2D eigenvalue weighted by Gasteiger charge is -2.42. The Morgan fingerprint density at radius 1 is 1.40 bits per heavy atom. The van der Waals surface area contributed by atoms with E-state index in [1.165, 1.54) is 0 Å². The molecule has 1 aliphatic carbocycles. The molecule has 2 rings (SSSR count). The number of amides is 1. The fourth-order valence-electron chi connectivity index (χ4n) is 2.98. The number of hydrogen-bond donors (Lipinski definition) is 2. The van der Waals surface area contributed by atoms with E-state index < -0.39 is 5.60 Å². The molecule has 2 aliphatic rings. The fourth-order valence-corrected chi connectivity index (χ4v) is 2.98. The first kappa shape index (κ1) is 15.6. The minimum Gasteiger partial charge on any atom is -0.444 e. The highest BCUT2D eigenvalue weighted by atomic mass is 16.6. The lowest BCUT2D eigenvalue weighted by molar-refractivity contribution is -0.0438. The molecule has 0 aromatic heterocycles. The Morgan fingerprint density at radius 3 is 2.45 bits per heavy atom. The zero-order chi connectivity index (χ0) is 14.8. The van der Waals surface area contributed by atoms with Gasteiger partial charge in [-0.1, -0.05) is 0 Å². The highest BCUT2D eigenvalue weighted by Crippen LogP contribution is 2.45. The van der Waals surface area contributed by atoms with E-state index in [9.17, 15) is 9.90 Å². The zero-order valence-corrected chi connectivity index (χ0v) is 12.8. The minimum atomic E-state index is -0.500. The topological polar surface area (TPSA) is 67.8 Å². The van der Waals surface area contributed by atoms with Gasteiger partial charge in [-0.15, -0.1) is 0 Å². The predicted molar refractivity (Wildman–Crippen MR) is 75.5 cm³/mol. The molecule has 0 aromatic carbocycles. The van der Waals surface area contributed by atoms with E-state index >= 15 is 0 Å². The van der Waals surface area contributed by atoms with Crippen molar-refractivity contribution in [3.05, 3.63) is 0 Å². The van der Waals surface area contributed by atoms with E-state index in [0.717, 1.165) is 25.7 Å². The van der Waals surface area contributed by atoms with Crippen LogP contribution in [0.25, 0.3) is 0 Å². The lowest BCUT2D eigenvalue weighted by atomic mass is 9.72. The van der Waals surface area contributed by atoms with Gasteiger partial charge in [-0.25, -0.2) is 4.79 Å². The molecule has 1 amide bonds. The van der Waals surface area contributed by atoms with Gasteiger partial charge in [0.15, 0.2) is 0 Å². The molecular formula is C15H27NO4. The second-order valence-electron chi connectivity index (χ2n) is 7.09. The maximum absolute atomic E-state index is 12.1. The van der Waals surface area contributed by atoms with E-state index in [-0.39, 0.29) is 24.2 Å². The summed E-state index contributed by atoms with van der Waals surface area (Å²) in [7, 11) is 0. The van der Waals surface area contributed by atoms with E-state index in [2.05, 4.69) is 5.32 Å². The summed E-state index contributed by atoms with van der Waals surface area (Å²) in [5, 5.41) is 12.9. The predicted octanol–water partition coefficient (Wildman–Crippen LogP) is 2.08. The Bertz CT molecular complexity index is 340. The van der Waals surface area contributed by atoms with Gasteiger partial charge in [0.2, 0.25) is 0 Å². The van der Waals surface area contributed by atoms with Crippen molar-refractivity contribution in [2.75, 3.05) is 19.8 Å². The molecule has 2 N–H and O–H groups in total. The van der Waals surface area contributed by atoms with Gasteiger partial charge in [0.05, 0.1) is 6.61 Å². The second-order valence-corrected chi connectivity index (χ2v) is 7.09. The molecule has 1 aliphatic heterocycles. The quantitative estimate of drug-likeness (QED) is 0.830. The molecule has 20 heavy (non-hydrogen) atoms. The molecule has 1 heterocycles. The van der Waals surface area contributed by atoms with Gasteiger partial charge in [0.1, 0.15) is 5.60 Å². The van der Waals surface area contributed by atoms with Gasteiger partial charge in [-0.05, 0) is 52.4 Å². The molecule has 1 saturated carbocycles. The molecule has 1 atom stereocenters. The third kappa shape index (κ3) is 3.85. The highest BCUT2D eigenvalue weighted by molar-refractivity contribution is 5.68. The van der Waals surface area contributed by atoms with E-state index in [1.54, 1.807) is 0 Å². The molecule has 0 spiro atoms. The van der Waals surface area contributed by atoms with E-state index in [0.29, 0.717) is 19.1 Å². The van der Waals surface area contributed by atoms with Crippen molar-refractivity contribution < 1.29 is 19.4 Å². The molecule has 1 saturated heterocycles. The van der Waals surface area contributed by atoms with Crippen molar-refractivity contribution in [1.29, 1.82) is 0 Å². The molecule has 5 nitrogen and oxygen atoms in total. The number of rotatable bonds is 4. The molecule has 1 unspecified atom stereocenters. The average molecular weight is 285 g/mol. The SMILES string of the molecule is CC(C)(C)OC(=O)NC(C1CC1)C1(CO)CCOCC1. The maximum Gasteiger partial charge on any atom is 0.407 e. The molecule has 0 aromatic rings. The van der Waals surface area contributed by atoms with Crippen molar-refractivity contribution in [2.24, 2.45) is 11.3 Å². The first-order valence-corrected chi connectivity index (χ1v) is 7.54. The Kier molecular flexibility index (Phi) is 4.59. The molecule has 2 fully saturated rings. The normalized spacial score (nSPS) is 24.0. The Morgan fingerprint density at radius 2 is 2.00 bits per heavy atom. The number of ether oxygens (including phenoxy) is 2.